The zero-order valence-electron chi connectivity index (χ0n) is 7.08. The molecule has 1 atom stereocenters. The molecule has 0 aromatic carbocycles. The minimum atomic E-state index is -0.952. The van der Waals surface area contributed by atoms with Gasteiger partial charge in [-0.2, -0.15) is 0 Å². The molecule has 0 saturated carbocycles. The number of hydrogen-bond acceptors (Lipinski definition) is 4. The molecule has 0 saturated heterocycles. The number of alkyl halides is 2. The zero-order valence-corrected chi connectivity index (χ0v) is 8.59. The van der Waals surface area contributed by atoms with Gasteiger partial charge in [0.2, 0.25) is 0 Å². The highest BCUT2D eigenvalue weighted by atomic mass is 35.5. The lowest BCUT2D eigenvalue weighted by Gasteiger charge is -2.23. The Morgan fingerprint density at radius 3 is 2.77 bits per heavy atom. The maximum Gasteiger partial charge on any atom is 0.393 e. The Kier molecular flexibility index (Phi) is 3.03. The largest absolute Gasteiger partial charge is 0.462 e. The first kappa shape index (κ1) is 10.6. The Morgan fingerprint density at radius 1 is 1.77 bits per heavy atom. The van der Waals surface area contributed by atoms with E-state index in [4.69, 9.17) is 27.9 Å². The van der Waals surface area contributed by atoms with E-state index in [2.05, 4.69) is 9.73 Å². The first-order valence-corrected chi connectivity index (χ1v) is 4.34. The van der Waals surface area contributed by atoms with Crippen LogP contribution in [0, 0.1) is 6.54 Å². The summed E-state index contributed by atoms with van der Waals surface area (Å²) in [4.78, 5) is 13.9. The van der Waals surface area contributed by atoms with E-state index in [1.54, 1.807) is 6.92 Å². The summed E-state index contributed by atoms with van der Waals surface area (Å²) in [6.45, 7) is 3.00. The van der Waals surface area contributed by atoms with E-state index in [9.17, 15) is 4.79 Å². The van der Waals surface area contributed by atoms with Gasteiger partial charge in [-0.25, -0.2) is 9.79 Å². The third-order valence-corrected chi connectivity index (χ3v) is 2.41. The van der Waals surface area contributed by atoms with E-state index in [1.807, 2.05) is 0 Å². The minimum absolute atomic E-state index is 0.128. The standard InChI is InChI=1S/C7H8Cl2NO3/c1-7(6(8)9)3-10-4(13-7)5(11)12-2/h3,6H,1-2H3. The van der Waals surface area contributed by atoms with Gasteiger partial charge >= 0.3 is 5.97 Å². The third-order valence-electron chi connectivity index (χ3n) is 1.55. The summed E-state index contributed by atoms with van der Waals surface area (Å²) < 4.78 is 9.53. The van der Waals surface area contributed by atoms with Crippen LogP contribution in [0.5, 0.6) is 0 Å². The van der Waals surface area contributed by atoms with Crippen LogP contribution in [0.15, 0.2) is 4.99 Å². The molecule has 1 heterocycles. The van der Waals surface area contributed by atoms with Crippen LogP contribution in [0.4, 0.5) is 0 Å². The summed E-state index contributed by atoms with van der Waals surface area (Å²) in [6.07, 6.45) is 0. The molecule has 1 aliphatic rings. The highest BCUT2D eigenvalue weighted by molar-refractivity contribution is 6.45. The molecular weight excluding hydrogens is 217 g/mol. The van der Waals surface area contributed by atoms with E-state index in [0.717, 1.165) is 0 Å². The topological polar surface area (TPSA) is 47.9 Å². The Hall–Kier alpha value is -0.480. The van der Waals surface area contributed by atoms with E-state index in [0.29, 0.717) is 0 Å². The molecule has 0 amide bonds. The van der Waals surface area contributed by atoms with Gasteiger partial charge < -0.3 is 9.47 Å². The summed E-state index contributed by atoms with van der Waals surface area (Å²) in [5.74, 6) is -0.773. The number of ether oxygens (including phenoxy) is 2. The second-order valence-corrected chi connectivity index (χ2v) is 3.74. The lowest BCUT2D eigenvalue weighted by molar-refractivity contribution is -0.134. The highest BCUT2D eigenvalue weighted by Gasteiger charge is 2.42. The molecule has 1 radical (unpaired) electrons. The predicted octanol–water partition coefficient (Wildman–Crippen LogP) is 1.31. The third kappa shape index (κ3) is 2.06. The number of esters is 1. The molecule has 1 rings (SSSR count). The normalized spacial score (nSPS) is 27.0. The fourth-order valence-electron chi connectivity index (χ4n) is 0.730. The Bertz CT molecular complexity index is 254. The van der Waals surface area contributed by atoms with Gasteiger partial charge in [0.05, 0.1) is 7.11 Å². The van der Waals surface area contributed by atoms with Crippen LogP contribution in [0.25, 0.3) is 0 Å². The van der Waals surface area contributed by atoms with Gasteiger partial charge in [-0.1, -0.05) is 0 Å². The van der Waals surface area contributed by atoms with Gasteiger partial charge in [0.15, 0.2) is 5.60 Å². The van der Waals surface area contributed by atoms with Crippen molar-refractivity contribution in [2.45, 2.75) is 17.4 Å². The van der Waals surface area contributed by atoms with E-state index >= 15 is 0 Å². The van der Waals surface area contributed by atoms with Gasteiger partial charge in [0.1, 0.15) is 11.4 Å². The van der Waals surface area contributed by atoms with Crippen molar-refractivity contribution in [2.24, 2.45) is 4.99 Å². The molecule has 1 unspecified atom stereocenters. The molecule has 1 aliphatic heterocycles. The maximum atomic E-state index is 10.9. The molecule has 13 heavy (non-hydrogen) atoms. The SMILES string of the molecule is COC(=O)C1=N[CH]C(C)(C(Cl)Cl)O1. The molecule has 0 spiro atoms. The molecule has 0 fully saturated rings. The molecule has 0 N–H and O–H groups in total. The second-order valence-electron chi connectivity index (χ2n) is 2.64. The van der Waals surface area contributed by atoms with Gasteiger partial charge in [-0.05, 0) is 6.92 Å². The van der Waals surface area contributed by atoms with Crippen molar-refractivity contribution in [1.82, 2.24) is 0 Å². The molecule has 6 heteroatoms. The summed E-state index contributed by atoms with van der Waals surface area (Å²) in [5.41, 5.74) is -0.952. The van der Waals surface area contributed by atoms with E-state index in [-0.39, 0.29) is 5.90 Å². The number of carbonyl (C=O) groups excluding carboxylic acids is 1. The number of methoxy groups -OCH3 is 1. The lowest BCUT2D eigenvalue weighted by Crippen LogP contribution is -2.35. The monoisotopic (exact) mass is 224 g/mol. The number of rotatable bonds is 2. The van der Waals surface area contributed by atoms with Crippen LogP contribution in [-0.4, -0.2) is 29.4 Å². The average molecular weight is 225 g/mol. The molecule has 0 aromatic heterocycles. The van der Waals surface area contributed by atoms with Crippen molar-refractivity contribution in [3.05, 3.63) is 6.54 Å². The number of nitrogens with zero attached hydrogens (tertiary/aromatic N) is 1. The minimum Gasteiger partial charge on any atom is -0.462 e. The Labute approximate surface area is 85.8 Å². The zero-order chi connectivity index (χ0) is 10.1. The van der Waals surface area contributed by atoms with Crippen molar-refractivity contribution >= 4 is 35.1 Å². The van der Waals surface area contributed by atoms with Crippen LogP contribution in [-0.2, 0) is 14.3 Å². The van der Waals surface area contributed by atoms with Gasteiger partial charge in [0, 0.05) is 0 Å². The Morgan fingerprint density at radius 2 is 2.38 bits per heavy atom. The predicted molar refractivity (Wildman–Crippen MR) is 48.7 cm³/mol. The molecule has 0 bridgehead atoms. The van der Waals surface area contributed by atoms with Crippen molar-refractivity contribution < 1.29 is 14.3 Å². The summed E-state index contributed by atoms with van der Waals surface area (Å²) in [6, 6.07) is 0. The lowest BCUT2D eigenvalue weighted by atomic mass is 10.1. The second kappa shape index (κ2) is 3.72. The Balaban J connectivity index is 2.65. The number of aliphatic imine (C=N–C) groups is 1. The van der Waals surface area contributed by atoms with Gasteiger partial charge in [0.25, 0.3) is 5.90 Å². The number of carbonyl (C=O) groups is 1. The van der Waals surface area contributed by atoms with Crippen LogP contribution in [0.2, 0.25) is 0 Å². The van der Waals surface area contributed by atoms with Crippen molar-refractivity contribution in [3.8, 4) is 0 Å². The first-order chi connectivity index (χ1) is 5.99. The summed E-state index contributed by atoms with van der Waals surface area (Å²) in [5, 5.41) is 0. The fourth-order valence-corrected chi connectivity index (χ4v) is 0.932. The smallest absolute Gasteiger partial charge is 0.393 e. The molecule has 4 nitrogen and oxygen atoms in total. The van der Waals surface area contributed by atoms with E-state index in [1.165, 1.54) is 13.7 Å². The van der Waals surface area contributed by atoms with Crippen LogP contribution < -0.4 is 0 Å². The molecule has 0 aliphatic carbocycles. The maximum absolute atomic E-state index is 10.9. The number of halogens is 2. The van der Waals surface area contributed by atoms with Gasteiger partial charge in [-0.15, -0.1) is 23.2 Å². The molecule has 0 aromatic rings. The van der Waals surface area contributed by atoms with Gasteiger partial charge in [-0.3, -0.25) is 0 Å². The number of hydrogen-bond donors (Lipinski definition) is 0. The average Bonchev–Trinajstić information content (AvgIpc) is 2.48. The quantitative estimate of drug-likeness (QED) is 0.525. The molecule has 73 valence electrons. The van der Waals surface area contributed by atoms with Crippen LogP contribution in [0.3, 0.4) is 0 Å². The molecular formula is C7H8Cl2NO3. The van der Waals surface area contributed by atoms with E-state index < -0.39 is 16.4 Å². The summed E-state index contributed by atoms with van der Waals surface area (Å²) in [7, 11) is 1.24. The fraction of sp³-hybridized carbons (Fsp3) is 0.571. The highest BCUT2D eigenvalue weighted by Crippen LogP contribution is 2.31. The van der Waals surface area contributed by atoms with Crippen molar-refractivity contribution in [2.75, 3.05) is 7.11 Å². The first-order valence-electron chi connectivity index (χ1n) is 3.47. The van der Waals surface area contributed by atoms with Crippen LogP contribution in [0.1, 0.15) is 6.92 Å². The summed E-state index contributed by atoms with van der Waals surface area (Å²) >= 11 is 11.2. The van der Waals surface area contributed by atoms with Crippen molar-refractivity contribution in [3.63, 3.8) is 0 Å². The van der Waals surface area contributed by atoms with Crippen LogP contribution >= 0.6 is 23.2 Å². The van der Waals surface area contributed by atoms with Crippen molar-refractivity contribution in [1.29, 1.82) is 0 Å².